The van der Waals surface area contributed by atoms with E-state index in [-0.39, 0.29) is 6.10 Å². The lowest BCUT2D eigenvalue weighted by atomic mass is 10.0. The Kier molecular flexibility index (Phi) is 4.70. The van der Waals surface area contributed by atoms with E-state index in [0.717, 1.165) is 32.4 Å². The second kappa shape index (κ2) is 5.58. The van der Waals surface area contributed by atoms with Gasteiger partial charge in [-0.2, -0.15) is 0 Å². The number of nitrogens with one attached hydrogen (secondary N) is 1. The van der Waals surface area contributed by atoms with Gasteiger partial charge in [0.15, 0.2) is 0 Å². The summed E-state index contributed by atoms with van der Waals surface area (Å²) in [6.07, 6.45) is 4.24. The average Bonchev–Trinajstić information content (AvgIpc) is 2.55. The lowest BCUT2D eigenvalue weighted by Crippen LogP contribution is -2.35. The van der Waals surface area contributed by atoms with Crippen LogP contribution >= 0.6 is 0 Å². The molecular formula is C10H22N2O. The van der Waals surface area contributed by atoms with Gasteiger partial charge in [-0.15, -0.1) is 0 Å². The summed E-state index contributed by atoms with van der Waals surface area (Å²) in [5.74, 6) is 0. The van der Waals surface area contributed by atoms with Crippen LogP contribution in [0.2, 0.25) is 0 Å². The minimum atomic E-state index is -0.137. The highest BCUT2D eigenvalue weighted by atomic mass is 16.3. The highest BCUT2D eigenvalue weighted by Gasteiger charge is 2.21. The van der Waals surface area contributed by atoms with Crippen LogP contribution in [-0.2, 0) is 0 Å². The molecule has 1 saturated heterocycles. The van der Waals surface area contributed by atoms with E-state index in [0.29, 0.717) is 6.04 Å². The van der Waals surface area contributed by atoms with Crippen molar-refractivity contribution in [2.24, 2.45) is 0 Å². The SMILES string of the molecule is CN(C)CCCC(O)C1CCCN1. The molecule has 0 aromatic rings. The van der Waals surface area contributed by atoms with Gasteiger partial charge in [-0.25, -0.2) is 0 Å². The Morgan fingerprint density at radius 2 is 2.31 bits per heavy atom. The molecule has 0 bridgehead atoms. The Hall–Kier alpha value is -0.120. The van der Waals surface area contributed by atoms with Gasteiger partial charge in [0, 0.05) is 6.04 Å². The zero-order chi connectivity index (χ0) is 9.68. The van der Waals surface area contributed by atoms with Crippen molar-refractivity contribution in [3.63, 3.8) is 0 Å². The topological polar surface area (TPSA) is 35.5 Å². The van der Waals surface area contributed by atoms with Crippen LogP contribution in [0.3, 0.4) is 0 Å². The summed E-state index contributed by atoms with van der Waals surface area (Å²) in [7, 11) is 4.14. The van der Waals surface area contributed by atoms with Gasteiger partial charge >= 0.3 is 0 Å². The third kappa shape index (κ3) is 4.07. The zero-order valence-corrected chi connectivity index (χ0v) is 8.79. The van der Waals surface area contributed by atoms with Crippen LogP contribution in [-0.4, -0.2) is 49.3 Å². The van der Waals surface area contributed by atoms with E-state index in [9.17, 15) is 5.11 Å². The normalized spacial score (nSPS) is 25.4. The van der Waals surface area contributed by atoms with Gasteiger partial charge in [0.1, 0.15) is 0 Å². The molecule has 3 heteroatoms. The van der Waals surface area contributed by atoms with Gasteiger partial charge in [-0.3, -0.25) is 0 Å². The summed E-state index contributed by atoms with van der Waals surface area (Å²) in [6.45, 7) is 2.15. The highest BCUT2D eigenvalue weighted by Crippen LogP contribution is 2.12. The molecule has 0 radical (unpaired) electrons. The van der Waals surface area contributed by atoms with Crippen LogP contribution in [0.25, 0.3) is 0 Å². The number of nitrogens with zero attached hydrogens (tertiary/aromatic N) is 1. The summed E-state index contributed by atoms with van der Waals surface area (Å²) >= 11 is 0. The van der Waals surface area contributed by atoms with Gasteiger partial charge in [-0.05, 0) is 52.9 Å². The standard InChI is InChI=1S/C10H22N2O/c1-12(2)8-4-6-10(13)9-5-3-7-11-9/h9-11,13H,3-8H2,1-2H3. The predicted molar refractivity (Wildman–Crippen MR) is 54.8 cm³/mol. The van der Waals surface area contributed by atoms with Crippen LogP contribution in [0.4, 0.5) is 0 Å². The van der Waals surface area contributed by atoms with Crippen molar-refractivity contribution in [3.8, 4) is 0 Å². The van der Waals surface area contributed by atoms with Crippen LogP contribution in [0.1, 0.15) is 25.7 Å². The lowest BCUT2D eigenvalue weighted by Gasteiger charge is -2.19. The molecule has 0 saturated carbocycles. The summed E-state index contributed by atoms with van der Waals surface area (Å²) in [4.78, 5) is 2.16. The van der Waals surface area contributed by atoms with E-state index < -0.39 is 0 Å². The Morgan fingerprint density at radius 1 is 1.54 bits per heavy atom. The monoisotopic (exact) mass is 186 g/mol. The maximum atomic E-state index is 9.78. The number of rotatable bonds is 5. The van der Waals surface area contributed by atoms with Gasteiger partial charge in [0.25, 0.3) is 0 Å². The predicted octanol–water partition coefficient (Wildman–Crippen LogP) is 0.441. The Balaban J connectivity index is 2.06. The fraction of sp³-hybridized carbons (Fsp3) is 1.00. The number of aliphatic hydroxyl groups excluding tert-OH is 1. The van der Waals surface area contributed by atoms with Gasteiger partial charge in [-0.1, -0.05) is 0 Å². The zero-order valence-electron chi connectivity index (χ0n) is 8.79. The maximum Gasteiger partial charge on any atom is 0.0693 e. The molecule has 1 aliphatic heterocycles. The first-order valence-electron chi connectivity index (χ1n) is 5.26. The van der Waals surface area contributed by atoms with Crippen molar-refractivity contribution in [2.75, 3.05) is 27.2 Å². The molecule has 0 aromatic carbocycles. The number of hydrogen-bond donors (Lipinski definition) is 2. The van der Waals surface area contributed by atoms with Crippen LogP contribution in [0.5, 0.6) is 0 Å². The van der Waals surface area contributed by atoms with Crippen LogP contribution in [0, 0.1) is 0 Å². The maximum absolute atomic E-state index is 9.78. The van der Waals surface area contributed by atoms with Crippen molar-refractivity contribution < 1.29 is 5.11 Å². The Labute approximate surface area is 81.1 Å². The van der Waals surface area contributed by atoms with Crippen LogP contribution < -0.4 is 5.32 Å². The molecule has 1 aliphatic rings. The smallest absolute Gasteiger partial charge is 0.0693 e. The van der Waals surface area contributed by atoms with Crippen molar-refractivity contribution in [3.05, 3.63) is 0 Å². The van der Waals surface area contributed by atoms with E-state index in [1.165, 1.54) is 6.42 Å². The first kappa shape index (κ1) is 11.0. The second-order valence-electron chi connectivity index (χ2n) is 4.22. The first-order chi connectivity index (χ1) is 6.20. The molecule has 13 heavy (non-hydrogen) atoms. The minimum Gasteiger partial charge on any atom is -0.392 e. The van der Waals surface area contributed by atoms with Crippen molar-refractivity contribution in [1.29, 1.82) is 0 Å². The van der Waals surface area contributed by atoms with Crippen molar-refractivity contribution >= 4 is 0 Å². The number of hydrogen-bond acceptors (Lipinski definition) is 3. The summed E-state index contributed by atoms with van der Waals surface area (Å²) in [6, 6.07) is 0.363. The Bertz CT molecular complexity index is 133. The third-order valence-electron chi connectivity index (χ3n) is 2.67. The van der Waals surface area contributed by atoms with Crippen molar-refractivity contribution in [1.82, 2.24) is 10.2 Å². The summed E-state index contributed by atoms with van der Waals surface area (Å²) in [5.41, 5.74) is 0. The molecular weight excluding hydrogens is 164 g/mol. The Morgan fingerprint density at radius 3 is 2.85 bits per heavy atom. The molecule has 0 amide bonds. The van der Waals surface area contributed by atoms with E-state index in [1.54, 1.807) is 0 Å². The molecule has 2 atom stereocenters. The third-order valence-corrected chi connectivity index (χ3v) is 2.67. The summed E-state index contributed by atoms with van der Waals surface area (Å²) in [5, 5.41) is 13.1. The van der Waals surface area contributed by atoms with E-state index in [4.69, 9.17) is 0 Å². The number of aliphatic hydroxyl groups is 1. The molecule has 1 heterocycles. The van der Waals surface area contributed by atoms with Gasteiger partial charge in [0.05, 0.1) is 6.10 Å². The van der Waals surface area contributed by atoms with E-state index in [1.807, 2.05) is 0 Å². The lowest BCUT2D eigenvalue weighted by molar-refractivity contribution is 0.121. The molecule has 0 spiro atoms. The molecule has 78 valence electrons. The van der Waals surface area contributed by atoms with E-state index in [2.05, 4.69) is 24.3 Å². The van der Waals surface area contributed by atoms with Gasteiger partial charge in [0.2, 0.25) is 0 Å². The molecule has 2 N–H and O–H groups in total. The minimum absolute atomic E-state index is 0.137. The first-order valence-corrected chi connectivity index (χ1v) is 5.26. The van der Waals surface area contributed by atoms with E-state index >= 15 is 0 Å². The largest absolute Gasteiger partial charge is 0.392 e. The molecule has 3 nitrogen and oxygen atoms in total. The molecule has 1 rings (SSSR count). The molecule has 0 aliphatic carbocycles. The molecule has 2 unspecified atom stereocenters. The fourth-order valence-corrected chi connectivity index (χ4v) is 1.86. The second-order valence-corrected chi connectivity index (χ2v) is 4.22. The fourth-order valence-electron chi connectivity index (χ4n) is 1.86. The summed E-state index contributed by atoms with van der Waals surface area (Å²) < 4.78 is 0. The van der Waals surface area contributed by atoms with Gasteiger partial charge < -0.3 is 15.3 Å². The molecule has 1 fully saturated rings. The van der Waals surface area contributed by atoms with Crippen LogP contribution in [0.15, 0.2) is 0 Å². The highest BCUT2D eigenvalue weighted by molar-refractivity contribution is 4.81. The molecule has 0 aromatic heterocycles. The van der Waals surface area contributed by atoms with Crippen molar-refractivity contribution in [2.45, 2.75) is 37.8 Å². The quantitative estimate of drug-likeness (QED) is 0.654. The average molecular weight is 186 g/mol.